The molecule has 0 N–H and O–H groups in total. The Morgan fingerprint density at radius 2 is 2.12 bits per heavy atom. The minimum Gasteiger partial charge on any atom is -0.378 e. The summed E-state index contributed by atoms with van der Waals surface area (Å²) in [5, 5.41) is 7.70. The van der Waals surface area contributed by atoms with Crippen LogP contribution in [-0.2, 0) is 20.8 Å². The Morgan fingerprint density at radius 3 is 2.81 bits per heavy atom. The first-order chi connectivity index (χ1) is 12.4. The van der Waals surface area contributed by atoms with E-state index in [-0.39, 0.29) is 24.8 Å². The minimum absolute atomic E-state index is 0.0361. The molecule has 3 rings (SSSR count). The summed E-state index contributed by atoms with van der Waals surface area (Å²) < 4.78 is 38.8. The zero-order valence-corrected chi connectivity index (χ0v) is 14.4. The normalized spacial score (nSPS) is 22.7. The van der Waals surface area contributed by atoms with Crippen molar-refractivity contribution < 1.29 is 27.8 Å². The van der Waals surface area contributed by atoms with Gasteiger partial charge in [0.15, 0.2) is 5.69 Å². The highest BCUT2D eigenvalue weighted by molar-refractivity contribution is 5.92. The summed E-state index contributed by atoms with van der Waals surface area (Å²) in [4.78, 5) is 27.1. The summed E-state index contributed by atoms with van der Waals surface area (Å²) in [5.74, 6) is -3.73. The number of methoxy groups -OCH3 is 1. The van der Waals surface area contributed by atoms with Crippen LogP contribution in [0.2, 0.25) is 0 Å². The van der Waals surface area contributed by atoms with Gasteiger partial charge in [0.2, 0.25) is 5.91 Å². The molecular formula is C15H21F2N5O4. The van der Waals surface area contributed by atoms with Crippen LogP contribution in [0.4, 0.5) is 8.78 Å². The third kappa shape index (κ3) is 4.15. The van der Waals surface area contributed by atoms with E-state index >= 15 is 0 Å². The summed E-state index contributed by atoms with van der Waals surface area (Å²) in [6.45, 7) is 1.01. The number of aromatic nitrogens is 3. The molecule has 0 spiro atoms. The number of amides is 2. The lowest BCUT2D eigenvalue weighted by atomic mass is 10.2. The van der Waals surface area contributed by atoms with Crippen molar-refractivity contribution in [1.29, 1.82) is 0 Å². The van der Waals surface area contributed by atoms with Gasteiger partial charge in [-0.25, -0.2) is 13.5 Å². The average molecular weight is 373 g/mol. The molecule has 0 aromatic carbocycles. The fourth-order valence-electron chi connectivity index (χ4n) is 3.19. The van der Waals surface area contributed by atoms with Crippen LogP contribution < -0.4 is 0 Å². The number of rotatable bonds is 5. The van der Waals surface area contributed by atoms with Gasteiger partial charge in [0.1, 0.15) is 6.61 Å². The van der Waals surface area contributed by atoms with E-state index in [0.717, 1.165) is 4.90 Å². The van der Waals surface area contributed by atoms with E-state index in [1.165, 1.54) is 18.0 Å². The molecule has 144 valence electrons. The molecule has 2 aliphatic rings. The number of halogens is 2. The lowest BCUT2D eigenvalue weighted by Gasteiger charge is -2.25. The predicted octanol–water partition coefficient (Wildman–Crippen LogP) is -0.367. The maximum atomic E-state index is 13.8. The molecule has 0 radical (unpaired) electrons. The molecular weight excluding hydrogens is 352 g/mol. The van der Waals surface area contributed by atoms with Gasteiger partial charge in [0.05, 0.1) is 38.5 Å². The van der Waals surface area contributed by atoms with Gasteiger partial charge in [0.25, 0.3) is 11.8 Å². The molecule has 1 aromatic heterocycles. The van der Waals surface area contributed by atoms with Crippen molar-refractivity contribution in [2.45, 2.75) is 24.9 Å². The van der Waals surface area contributed by atoms with Crippen molar-refractivity contribution in [3.05, 3.63) is 11.9 Å². The highest BCUT2D eigenvalue weighted by Crippen LogP contribution is 2.32. The van der Waals surface area contributed by atoms with E-state index in [1.54, 1.807) is 4.90 Å². The summed E-state index contributed by atoms with van der Waals surface area (Å²) in [5.41, 5.74) is 0.145. The summed E-state index contributed by atoms with van der Waals surface area (Å²) >= 11 is 0. The maximum Gasteiger partial charge on any atom is 0.276 e. The Hall–Kier alpha value is -2.14. The van der Waals surface area contributed by atoms with E-state index in [0.29, 0.717) is 26.3 Å². The standard InChI is InChI=1S/C15H21F2N5O4/c1-25-9-13(23)22-10-15(16,17)6-11(22)7-21-8-12(18-19-21)14(24)20-2-4-26-5-3-20/h8,11H,2-7,9-10H2,1H3. The van der Waals surface area contributed by atoms with Crippen molar-refractivity contribution in [2.24, 2.45) is 0 Å². The lowest BCUT2D eigenvalue weighted by Crippen LogP contribution is -2.41. The molecule has 2 amide bonds. The van der Waals surface area contributed by atoms with Gasteiger partial charge in [-0.3, -0.25) is 9.59 Å². The number of carbonyl (C=O) groups is 2. The molecule has 3 heterocycles. The molecule has 2 fully saturated rings. The third-order valence-corrected chi connectivity index (χ3v) is 4.42. The van der Waals surface area contributed by atoms with Crippen LogP contribution in [0.25, 0.3) is 0 Å². The van der Waals surface area contributed by atoms with Gasteiger partial charge >= 0.3 is 0 Å². The molecule has 1 aromatic rings. The topological polar surface area (TPSA) is 89.8 Å². The number of hydrogen-bond acceptors (Lipinski definition) is 6. The number of hydrogen-bond donors (Lipinski definition) is 0. The average Bonchev–Trinajstić information content (AvgIpc) is 3.19. The van der Waals surface area contributed by atoms with E-state index in [1.807, 2.05) is 0 Å². The van der Waals surface area contributed by atoms with Gasteiger partial charge < -0.3 is 19.3 Å². The minimum atomic E-state index is -2.96. The van der Waals surface area contributed by atoms with Crippen molar-refractivity contribution in [3.63, 3.8) is 0 Å². The van der Waals surface area contributed by atoms with Crippen molar-refractivity contribution in [3.8, 4) is 0 Å². The Bertz CT molecular complexity index is 662. The van der Waals surface area contributed by atoms with Gasteiger partial charge in [-0.15, -0.1) is 5.10 Å². The number of alkyl halides is 2. The zero-order chi connectivity index (χ0) is 18.7. The number of likely N-dealkylation sites (tertiary alicyclic amines) is 1. The second-order valence-electron chi connectivity index (χ2n) is 6.40. The van der Waals surface area contributed by atoms with Crippen LogP contribution >= 0.6 is 0 Å². The quantitative estimate of drug-likeness (QED) is 0.700. The Kier molecular flexibility index (Phi) is 5.47. The van der Waals surface area contributed by atoms with Crippen LogP contribution in [0.3, 0.4) is 0 Å². The second-order valence-corrected chi connectivity index (χ2v) is 6.40. The zero-order valence-electron chi connectivity index (χ0n) is 14.4. The smallest absolute Gasteiger partial charge is 0.276 e. The maximum absolute atomic E-state index is 13.8. The molecule has 0 saturated carbocycles. The molecule has 9 nitrogen and oxygen atoms in total. The number of carbonyl (C=O) groups excluding carboxylic acids is 2. The van der Waals surface area contributed by atoms with E-state index in [9.17, 15) is 18.4 Å². The van der Waals surface area contributed by atoms with Gasteiger partial charge in [-0.1, -0.05) is 5.21 Å². The molecule has 0 aliphatic carbocycles. The van der Waals surface area contributed by atoms with E-state index in [2.05, 4.69) is 10.3 Å². The monoisotopic (exact) mass is 373 g/mol. The molecule has 2 aliphatic heterocycles. The Morgan fingerprint density at radius 1 is 1.38 bits per heavy atom. The van der Waals surface area contributed by atoms with Gasteiger partial charge in [0, 0.05) is 26.6 Å². The van der Waals surface area contributed by atoms with Gasteiger partial charge in [-0.05, 0) is 0 Å². The fraction of sp³-hybridized carbons (Fsp3) is 0.733. The van der Waals surface area contributed by atoms with Crippen LogP contribution in [0.15, 0.2) is 6.20 Å². The molecule has 2 saturated heterocycles. The largest absolute Gasteiger partial charge is 0.378 e. The van der Waals surface area contributed by atoms with E-state index in [4.69, 9.17) is 9.47 Å². The summed E-state index contributed by atoms with van der Waals surface area (Å²) in [6.07, 6.45) is 0.961. The van der Waals surface area contributed by atoms with Crippen LogP contribution in [0.5, 0.6) is 0 Å². The molecule has 26 heavy (non-hydrogen) atoms. The first-order valence-corrected chi connectivity index (χ1v) is 8.33. The lowest BCUT2D eigenvalue weighted by molar-refractivity contribution is -0.137. The van der Waals surface area contributed by atoms with E-state index < -0.39 is 30.8 Å². The third-order valence-electron chi connectivity index (χ3n) is 4.42. The second kappa shape index (κ2) is 7.62. The highest BCUT2D eigenvalue weighted by Gasteiger charge is 2.47. The molecule has 1 atom stereocenters. The Labute approximate surface area is 148 Å². The summed E-state index contributed by atoms with van der Waals surface area (Å²) in [6, 6.07) is -0.735. The molecule has 1 unspecified atom stereocenters. The van der Waals surface area contributed by atoms with Crippen molar-refractivity contribution >= 4 is 11.8 Å². The number of nitrogens with zero attached hydrogens (tertiary/aromatic N) is 5. The van der Waals surface area contributed by atoms with Crippen molar-refractivity contribution in [1.82, 2.24) is 24.8 Å². The van der Waals surface area contributed by atoms with Crippen LogP contribution in [0, 0.1) is 0 Å². The number of ether oxygens (including phenoxy) is 2. The first-order valence-electron chi connectivity index (χ1n) is 8.33. The van der Waals surface area contributed by atoms with Gasteiger partial charge in [-0.2, -0.15) is 0 Å². The highest BCUT2D eigenvalue weighted by atomic mass is 19.3. The summed E-state index contributed by atoms with van der Waals surface area (Å²) in [7, 11) is 1.34. The number of morpholine rings is 1. The van der Waals surface area contributed by atoms with Crippen molar-refractivity contribution in [2.75, 3.05) is 46.6 Å². The molecule has 11 heteroatoms. The van der Waals surface area contributed by atoms with Crippen LogP contribution in [-0.4, -0.2) is 95.1 Å². The predicted molar refractivity (Wildman–Crippen MR) is 83.7 cm³/mol. The molecule has 0 bridgehead atoms. The fourth-order valence-corrected chi connectivity index (χ4v) is 3.19. The SMILES string of the molecule is COCC(=O)N1CC(F)(F)CC1Cn1cc(C(=O)N2CCOCC2)nn1. The Balaban J connectivity index is 1.67. The first kappa shape index (κ1) is 18.6. The van der Waals surface area contributed by atoms with Crippen LogP contribution in [0.1, 0.15) is 16.9 Å².